The van der Waals surface area contributed by atoms with E-state index in [-0.39, 0.29) is 18.3 Å². The van der Waals surface area contributed by atoms with Crippen LogP contribution in [0.2, 0.25) is 0 Å². The lowest BCUT2D eigenvalue weighted by Crippen LogP contribution is -2.32. The standard InChI is InChI=1S/C15H19N3OS.ClH/c19-14(10-11-4-3-8-16-11)17-9-7-15-18-12-5-1-2-6-13(12)20-15;/h1-2,5-6,11,16H,3-4,7-10H2,(H,17,19);1H. The number of para-hydroxylation sites is 1. The van der Waals surface area contributed by atoms with Crippen molar-refractivity contribution in [3.8, 4) is 0 Å². The van der Waals surface area contributed by atoms with Crippen LogP contribution in [0.1, 0.15) is 24.3 Å². The summed E-state index contributed by atoms with van der Waals surface area (Å²) in [5.41, 5.74) is 1.05. The molecular formula is C15H20ClN3OS. The van der Waals surface area contributed by atoms with E-state index in [0.717, 1.165) is 29.9 Å². The fourth-order valence-corrected chi connectivity index (χ4v) is 3.53. The summed E-state index contributed by atoms with van der Waals surface area (Å²) in [5, 5.41) is 7.42. The van der Waals surface area contributed by atoms with Crippen LogP contribution in [-0.2, 0) is 11.2 Å². The zero-order chi connectivity index (χ0) is 13.8. The molecule has 1 saturated heterocycles. The number of halogens is 1. The van der Waals surface area contributed by atoms with Crippen LogP contribution >= 0.6 is 23.7 Å². The van der Waals surface area contributed by atoms with Crippen molar-refractivity contribution in [1.82, 2.24) is 15.6 Å². The van der Waals surface area contributed by atoms with Crippen LogP contribution in [0, 0.1) is 0 Å². The van der Waals surface area contributed by atoms with Crippen LogP contribution in [0.25, 0.3) is 10.2 Å². The van der Waals surface area contributed by atoms with Crippen molar-refractivity contribution in [3.63, 3.8) is 0 Å². The molecule has 6 heteroatoms. The average Bonchev–Trinajstić information content (AvgIpc) is 3.07. The summed E-state index contributed by atoms with van der Waals surface area (Å²) in [6, 6.07) is 8.51. The van der Waals surface area contributed by atoms with E-state index < -0.39 is 0 Å². The number of thiazole rings is 1. The van der Waals surface area contributed by atoms with Crippen molar-refractivity contribution in [3.05, 3.63) is 29.3 Å². The molecule has 1 aromatic heterocycles. The van der Waals surface area contributed by atoms with Gasteiger partial charge in [-0.1, -0.05) is 12.1 Å². The Morgan fingerprint density at radius 2 is 2.29 bits per heavy atom. The number of aromatic nitrogens is 1. The molecule has 2 N–H and O–H groups in total. The summed E-state index contributed by atoms with van der Waals surface area (Å²) >= 11 is 1.71. The van der Waals surface area contributed by atoms with Crippen molar-refractivity contribution >= 4 is 39.9 Å². The van der Waals surface area contributed by atoms with E-state index in [0.29, 0.717) is 19.0 Å². The number of benzene rings is 1. The van der Waals surface area contributed by atoms with E-state index in [9.17, 15) is 4.79 Å². The first-order chi connectivity index (χ1) is 9.81. The molecule has 1 atom stereocenters. The van der Waals surface area contributed by atoms with Gasteiger partial charge in [-0.05, 0) is 31.5 Å². The van der Waals surface area contributed by atoms with Crippen LogP contribution in [0.4, 0.5) is 0 Å². The number of fused-ring (bicyclic) bond motifs is 1. The number of rotatable bonds is 5. The third-order valence-electron chi connectivity index (χ3n) is 3.59. The average molecular weight is 326 g/mol. The topological polar surface area (TPSA) is 54.0 Å². The molecule has 1 amide bonds. The number of nitrogens with one attached hydrogen (secondary N) is 2. The number of carbonyl (C=O) groups excluding carboxylic acids is 1. The van der Waals surface area contributed by atoms with E-state index in [4.69, 9.17) is 0 Å². The Hall–Kier alpha value is -1.17. The first-order valence-electron chi connectivity index (χ1n) is 7.16. The number of hydrogen-bond acceptors (Lipinski definition) is 4. The van der Waals surface area contributed by atoms with Gasteiger partial charge in [0.1, 0.15) is 0 Å². The molecule has 0 bridgehead atoms. The molecule has 0 spiro atoms. The Labute approximate surface area is 134 Å². The lowest BCUT2D eigenvalue weighted by molar-refractivity contribution is -0.121. The first kappa shape index (κ1) is 16.2. The van der Waals surface area contributed by atoms with Crippen molar-refractivity contribution in [1.29, 1.82) is 0 Å². The quantitative estimate of drug-likeness (QED) is 0.888. The minimum Gasteiger partial charge on any atom is -0.356 e. The van der Waals surface area contributed by atoms with E-state index >= 15 is 0 Å². The maximum atomic E-state index is 11.8. The van der Waals surface area contributed by atoms with Gasteiger partial charge in [-0.25, -0.2) is 4.98 Å². The molecule has 114 valence electrons. The molecule has 1 aliphatic heterocycles. The third-order valence-corrected chi connectivity index (χ3v) is 4.69. The fourth-order valence-electron chi connectivity index (χ4n) is 2.56. The van der Waals surface area contributed by atoms with Gasteiger partial charge in [0.15, 0.2) is 0 Å². The molecule has 1 aromatic carbocycles. The minimum atomic E-state index is 0. The Morgan fingerprint density at radius 1 is 1.43 bits per heavy atom. The second kappa shape index (κ2) is 7.73. The predicted octanol–water partition coefficient (Wildman–Crippen LogP) is 2.52. The maximum absolute atomic E-state index is 11.8. The van der Waals surface area contributed by atoms with Gasteiger partial charge in [-0.15, -0.1) is 23.7 Å². The van der Waals surface area contributed by atoms with E-state index in [1.54, 1.807) is 11.3 Å². The summed E-state index contributed by atoms with van der Waals surface area (Å²) in [5.74, 6) is 0.144. The summed E-state index contributed by atoms with van der Waals surface area (Å²) in [6.07, 6.45) is 3.71. The van der Waals surface area contributed by atoms with Gasteiger partial charge in [-0.3, -0.25) is 4.79 Å². The zero-order valence-electron chi connectivity index (χ0n) is 11.8. The highest BCUT2D eigenvalue weighted by atomic mass is 35.5. The highest BCUT2D eigenvalue weighted by Crippen LogP contribution is 2.21. The summed E-state index contributed by atoms with van der Waals surface area (Å²) in [6.45, 7) is 1.72. The smallest absolute Gasteiger partial charge is 0.221 e. The van der Waals surface area contributed by atoms with Crippen LogP contribution in [0.15, 0.2) is 24.3 Å². The van der Waals surface area contributed by atoms with E-state index in [2.05, 4.69) is 21.7 Å². The lowest BCUT2D eigenvalue weighted by atomic mass is 10.1. The van der Waals surface area contributed by atoms with Gasteiger partial charge in [0.2, 0.25) is 5.91 Å². The second-order valence-corrected chi connectivity index (χ2v) is 6.29. The fraction of sp³-hybridized carbons (Fsp3) is 0.467. The lowest BCUT2D eigenvalue weighted by Gasteiger charge is -2.09. The summed E-state index contributed by atoms with van der Waals surface area (Å²) in [7, 11) is 0. The first-order valence-corrected chi connectivity index (χ1v) is 7.97. The molecule has 2 aromatic rings. The van der Waals surface area contributed by atoms with E-state index in [1.165, 1.54) is 11.1 Å². The van der Waals surface area contributed by atoms with Gasteiger partial charge < -0.3 is 10.6 Å². The van der Waals surface area contributed by atoms with Crippen molar-refractivity contribution < 1.29 is 4.79 Å². The summed E-state index contributed by atoms with van der Waals surface area (Å²) in [4.78, 5) is 16.4. The number of amides is 1. The largest absolute Gasteiger partial charge is 0.356 e. The highest BCUT2D eigenvalue weighted by Gasteiger charge is 2.17. The molecule has 21 heavy (non-hydrogen) atoms. The van der Waals surface area contributed by atoms with Crippen molar-refractivity contribution in [2.24, 2.45) is 0 Å². The Bertz CT molecular complexity index is 562. The van der Waals surface area contributed by atoms with Crippen LogP contribution in [0.3, 0.4) is 0 Å². The molecule has 0 radical (unpaired) electrons. The highest BCUT2D eigenvalue weighted by molar-refractivity contribution is 7.18. The van der Waals surface area contributed by atoms with Crippen LogP contribution in [0.5, 0.6) is 0 Å². The van der Waals surface area contributed by atoms with Crippen molar-refractivity contribution in [2.45, 2.75) is 31.7 Å². The van der Waals surface area contributed by atoms with Gasteiger partial charge in [0, 0.05) is 25.4 Å². The molecule has 0 saturated carbocycles. The SMILES string of the molecule is Cl.O=C(CC1CCCN1)NCCc1nc2ccccc2s1. The monoisotopic (exact) mass is 325 g/mol. The molecule has 4 nitrogen and oxygen atoms in total. The Balaban J connectivity index is 0.00000161. The van der Waals surface area contributed by atoms with Crippen LogP contribution < -0.4 is 10.6 Å². The molecule has 1 fully saturated rings. The Kier molecular flexibility index (Phi) is 5.96. The van der Waals surface area contributed by atoms with Gasteiger partial charge in [0.05, 0.1) is 15.2 Å². The zero-order valence-corrected chi connectivity index (χ0v) is 13.4. The number of carbonyl (C=O) groups is 1. The van der Waals surface area contributed by atoms with Gasteiger partial charge in [-0.2, -0.15) is 0 Å². The number of hydrogen-bond donors (Lipinski definition) is 2. The predicted molar refractivity (Wildman–Crippen MR) is 89.2 cm³/mol. The second-order valence-electron chi connectivity index (χ2n) is 5.17. The summed E-state index contributed by atoms with van der Waals surface area (Å²) < 4.78 is 1.21. The maximum Gasteiger partial charge on any atom is 0.221 e. The Morgan fingerprint density at radius 3 is 3.05 bits per heavy atom. The molecule has 3 rings (SSSR count). The molecule has 1 unspecified atom stereocenters. The molecule has 2 heterocycles. The minimum absolute atomic E-state index is 0. The van der Waals surface area contributed by atoms with Crippen LogP contribution in [-0.4, -0.2) is 30.0 Å². The van der Waals surface area contributed by atoms with Gasteiger partial charge in [0.25, 0.3) is 0 Å². The normalized spacial score (nSPS) is 17.6. The van der Waals surface area contributed by atoms with Gasteiger partial charge >= 0.3 is 0 Å². The number of nitrogens with zero attached hydrogens (tertiary/aromatic N) is 1. The third kappa shape index (κ3) is 4.40. The molecule has 1 aliphatic rings. The molecular weight excluding hydrogens is 306 g/mol. The van der Waals surface area contributed by atoms with Crippen molar-refractivity contribution in [2.75, 3.05) is 13.1 Å². The van der Waals surface area contributed by atoms with E-state index in [1.807, 2.05) is 18.2 Å². The molecule has 0 aliphatic carbocycles.